The Morgan fingerprint density at radius 2 is 1.86 bits per heavy atom. The van der Waals surface area contributed by atoms with Gasteiger partial charge in [0.25, 0.3) is 5.91 Å². The number of aromatic nitrogens is 4. The predicted molar refractivity (Wildman–Crippen MR) is 142 cm³/mol. The molecule has 9 heteroatoms. The molecule has 0 saturated heterocycles. The number of terminal acetylenes is 2. The first-order valence-electron chi connectivity index (χ1n) is 11.0. The molecule has 35 heavy (non-hydrogen) atoms. The number of nitrogens with zero attached hydrogens (tertiary/aromatic N) is 6. The number of unbranched alkanes of at least 4 members (excludes halogenated alkanes) is 1. The molecule has 2 heterocycles. The van der Waals surface area contributed by atoms with E-state index in [1.807, 2.05) is 13.8 Å². The van der Waals surface area contributed by atoms with Crippen LogP contribution in [-0.4, -0.2) is 50.7 Å². The van der Waals surface area contributed by atoms with E-state index in [1.54, 1.807) is 31.9 Å². The summed E-state index contributed by atoms with van der Waals surface area (Å²) in [5, 5.41) is 4.99. The second-order valence-electron chi connectivity index (χ2n) is 6.87. The number of aryl methyl sites for hydroxylation is 2. The van der Waals surface area contributed by atoms with E-state index in [4.69, 9.17) is 5.73 Å². The number of aliphatic imine (C=N–C) groups is 1. The number of hydrogen-bond donors (Lipinski definition) is 1. The minimum atomic E-state index is -0.352. The van der Waals surface area contributed by atoms with E-state index in [0.717, 1.165) is 12.8 Å². The molecule has 0 aliphatic heterocycles. The summed E-state index contributed by atoms with van der Waals surface area (Å²) < 4.78 is 15.3. The molecule has 0 bridgehead atoms. The van der Waals surface area contributed by atoms with Crippen molar-refractivity contribution in [3.05, 3.63) is 41.1 Å². The van der Waals surface area contributed by atoms with Crippen molar-refractivity contribution in [1.29, 1.82) is 0 Å². The van der Waals surface area contributed by atoms with Crippen LogP contribution in [0.1, 0.15) is 45.0 Å². The van der Waals surface area contributed by atoms with Crippen LogP contribution in [0.5, 0.6) is 0 Å². The van der Waals surface area contributed by atoms with E-state index in [0.29, 0.717) is 46.6 Å². The average Bonchev–Trinajstić information content (AvgIpc) is 3.32. The lowest BCUT2D eigenvalue weighted by atomic mass is 10.1. The van der Waals surface area contributed by atoms with E-state index < -0.39 is 0 Å². The monoisotopic (exact) mass is 479 g/mol. The van der Waals surface area contributed by atoms with Crippen molar-refractivity contribution in [2.75, 3.05) is 19.3 Å². The molecular formula is C26H34FN7O. The van der Waals surface area contributed by atoms with Gasteiger partial charge in [0.2, 0.25) is 5.95 Å². The van der Waals surface area contributed by atoms with Crippen LogP contribution in [-0.2, 0) is 11.2 Å². The number of anilines is 1. The summed E-state index contributed by atoms with van der Waals surface area (Å²) in [4.78, 5) is 26.4. The third kappa shape index (κ3) is 7.65. The molecule has 0 aliphatic rings. The maximum atomic E-state index is 13.9. The van der Waals surface area contributed by atoms with Crippen molar-refractivity contribution in [3.63, 3.8) is 0 Å². The summed E-state index contributed by atoms with van der Waals surface area (Å²) in [5.41, 5.74) is 8.16. The molecule has 0 unspecified atom stereocenters. The Morgan fingerprint density at radius 1 is 1.23 bits per heavy atom. The molecule has 1 aromatic carbocycles. The predicted octanol–water partition coefficient (Wildman–Crippen LogP) is 4.22. The van der Waals surface area contributed by atoms with Gasteiger partial charge in [-0.2, -0.15) is 4.52 Å². The van der Waals surface area contributed by atoms with Crippen LogP contribution in [0.3, 0.4) is 0 Å². The van der Waals surface area contributed by atoms with Crippen molar-refractivity contribution < 1.29 is 9.18 Å². The highest BCUT2D eigenvalue weighted by molar-refractivity contribution is 5.94. The van der Waals surface area contributed by atoms with E-state index in [-0.39, 0.29) is 17.7 Å². The highest BCUT2D eigenvalue weighted by atomic mass is 19.1. The van der Waals surface area contributed by atoms with Crippen LogP contribution in [0.4, 0.5) is 10.3 Å². The van der Waals surface area contributed by atoms with E-state index in [2.05, 4.69) is 52.5 Å². The number of fused-ring (bicyclic) bond motifs is 3. The summed E-state index contributed by atoms with van der Waals surface area (Å²) in [6.45, 7) is 11.5. The summed E-state index contributed by atoms with van der Waals surface area (Å²) in [6, 6.07) is 2.82. The molecule has 0 spiro atoms. The molecule has 3 aromatic rings. The molecule has 3 rings (SSSR count). The van der Waals surface area contributed by atoms with Gasteiger partial charge in [-0.15, -0.1) is 30.8 Å². The van der Waals surface area contributed by atoms with E-state index >= 15 is 0 Å². The van der Waals surface area contributed by atoms with Gasteiger partial charge in [-0.3, -0.25) is 9.79 Å². The van der Waals surface area contributed by atoms with Gasteiger partial charge in [0.15, 0.2) is 11.5 Å². The number of rotatable bonds is 7. The largest absolute Gasteiger partial charge is 0.368 e. The molecule has 0 aliphatic carbocycles. The SMILES string of the molecule is C#C.C#C.C=N/C(=C\C)C(=O)N(C)CCCCc1nc2c3cc(F)cc(C)c3nc(N)n2n1.CC. The zero-order valence-corrected chi connectivity index (χ0v) is 21.1. The summed E-state index contributed by atoms with van der Waals surface area (Å²) >= 11 is 0. The molecule has 2 aromatic heterocycles. The first-order chi connectivity index (χ1) is 16.8. The second kappa shape index (κ2) is 15.6. The van der Waals surface area contributed by atoms with Gasteiger partial charge in [-0.1, -0.05) is 19.9 Å². The number of likely N-dealkylation sites (N-methyl/N-ethyl adjacent to an activating group) is 1. The highest BCUT2D eigenvalue weighted by Gasteiger charge is 2.15. The molecular weight excluding hydrogens is 445 g/mol. The number of carbonyl (C=O) groups excluding carboxylic acids is 1. The lowest BCUT2D eigenvalue weighted by molar-refractivity contribution is -0.126. The lowest BCUT2D eigenvalue weighted by Crippen LogP contribution is -2.28. The Balaban J connectivity index is 0.00000179. The van der Waals surface area contributed by atoms with Gasteiger partial charge < -0.3 is 10.6 Å². The van der Waals surface area contributed by atoms with Crippen molar-refractivity contribution in [2.24, 2.45) is 4.99 Å². The highest BCUT2D eigenvalue weighted by Crippen LogP contribution is 2.24. The summed E-state index contributed by atoms with van der Waals surface area (Å²) in [5.74, 6) is 0.303. The first-order valence-corrected chi connectivity index (χ1v) is 11.0. The molecule has 0 atom stereocenters. The van der Waals surface area contributed by atoms with Gasteiger partial charge in [-0.25, -0.2) is 14.4 Å². The van der Waals surface area contributed by atoms with Crippen LogP contribution in [0.2, 0.25) is 0 Å². The van der Waals surface area contributed by atoms with Crippen LogP contribution in [0.15, 0.2) is 28.9 Å². The van der Waals surface area contributed by atoms with Crippen LogP contribution >= 0.6 is 0 Å². The molecule has 1 amide bonds. The smallest absolute Gasteiger partial charge is 0.271 e. The number of nitrogens with two attached hydrogens (primary N) is 1. The van der Waals surface area contributed by atoms with Crippen molar-refractivity contribution in [1.82, 2.24) is 24.5 Å². The number of benzene rings is 1. The fraction of sp³-hybridized carbons (Fsp3) is 0.346. The Kier molecular flexibility index (Phi) is 13.7. The van der Waals surface area contributed by atoms with Crippen molar-refractivity contribution >= 4 is 35.1 Å². The number of carbonyl (C=O) groups is 1. The topological polar surface area (TPSA) is 102 Å². The fourth-order valence-electron chi connectivity index (χ4n) is 3.22. The Bertz CT molecular complexity index is 1200. The first kappa shape index (κ1) is 30.8. The molecule has 8 nitrogen and oxygen atoms in total. The number of allylic oxidation sites excluding steroid dienone is 1. The van der Waals surface area contributed by atoms with Gasteiger partial charge in [0.05, 0.1) is 5.52 Å². The van der Waals surface area contributed by atoms with Crippen LogP contribution in [0, 0.1) is 38.4 Å². The fourth-order valence-corrected chi connectivity index (χ4v) is 3.22. The lowest BCUT2D eigenvalue weighted by Gasteiger charge is -2.16. The van der Waals surface area contributed by atoms with Crippen molar-refractivity contribution in [2.45, 2.75) is 47.0 Å². The third-order valence-electron chi connectivity index (χ3n) is 4.75. The average molecular weight is 480 g/mol. The van der Waals surface area contributed by atoms with E-state index in [1.165, 1.54) is 16.6 Å². The van der Waals surface area contributed by atoms with E-state index in [9.17, 15) is 9.18 Å². The standard InChI is InChI=1S/C20H24FN7O.C2H6.2C2H2/c1-5-15(23-3)19(29)27(4)9-7-6-8-16-24-18-14-11-13(21)10-12(2)17(14)25-20(22)28(18)26-16;3*1-2/h5,10-11H,3,6-9H2,1-2,4H3,(H2,22,25);1-2H3;2*1-2H/b15-5-;;;. The van der Waals surface area contributed by atoms with Gasteiger partial charge in [0.1, 0.15) is 11.5 Å². The second-order valence-corrected chi connectivity index (χ2v) is 6.87. The van der Waals surface area contributed by atoms with Gasteiger partial charge >= 0.3 is 0 Å². The quantitative estimate of drug-likeness (QED) is 0.237. The molecule has 186 valence electrons. The Labute approximate surface area is 207 Å². The number of nitrogen functional groups attached to an aromatic ring is 1. The third-order valence-corrected chi connectivity index (χ3v) is 4.75. The maximum Gasteiger partial charge on any atom is 0.271 e. The normalized spacial score (nSPS) is 10.2. The molecule has 0 fully saturated rings. The zero-order valence-electron chi connectivity index (χ0n) is 21.1. The summed E-state index contributed by atoms with van der Waals surface area (Å²) in [6.07, 6.45) is 19.8. The summed E-state index contributed by atoms with van der Waals surface area (Å²) in [7, 11) is 1.73. The van der Waals surface area contributed by atoms with Crippen LogP contribution in [0.25, 0.3) is 16.6 Å². The minimum absolute atomic E-state index is 0.156. The van der Waals surface area contributed by atoms with Crippen LogP contribution < -0.4 is 5.73 Å². The minimum Gasteiger partial charge on any atom is -0.368 e. The van der Waals surface area contributed by atoms with Crippen molar-refractivity contribution in [3.8, 4) is 25.7 Å². The maximum absolute atomic E-state index is 13.9. The van der Waals surface area contributed by atoms with Gasteiger partial charge in [-0.05, 0) is 51.1 Å². The number of hydrogen-bond acceptors (Lipinski definition) is 6. The molecule has 0 radical (unpaired) electrons. The van der Waals surface area contributed by atoms with Gasteiger partial charge in [0, 0.05) is 25.4 Å². The number of halogens is 1. The number of amides is 1. The molecule has 0 saturated carbocycles. The zero-order chi connectivity index (χ0) is 27.1. The molecule has 2 N–H and O–H groups in total. The Morgan fingerprint density at radius 3 is 2.43 bits per heavy atom. The Hall–Kier alpha value is -4.24.